The Balaban J connectivity index is 1.95. The zero-order valence-electron chi connectivity index (χ0n) is 8.89. The second-order valence-corrected chi connectivity index (χ2v) is 4.16. The second kappa shape index (κ2) is 4.53. The van der Waals surface area contributed by atoms with Crippen LogP contribution in [0, 0.1) is 5.92 Å². The molecule has 1 aromatic rings. The summed E-state index contributed by atoms with van der Waals surface area (Å²) in [4.78, 5) is 11.0. The molecule has 16 heavy (non-hydrogen) atoms. The topological polar surface area (TPSA) is 69.6 Å². The lowest BCUT2D eigenvalue weighted by Crippen LogP contribution is -2.38. The van der Waals surface area contributed by atoms with Crippen LogP contribution in [0.1, 0.15) is 18.4 Å². The highest BCUT2D eigenvalue weighted by molar-refractivity contribution is 5.74. The van der Waals surface area contributed by atoms with Crippen molar-refractivity contribution in [1.82, 2.24) is 5.32 Å². The molecule has 3 N–H and O–H groups in total. The van der Waals surface area contributed by atoms with Crippen molar-refractivity contribution in [3.63, 3.8) is 0 Å². The van der Waals surface area contributed by atoms with E-state index in [-0.39, 0.29) is 11.7 Å². The SMILES string of the molecule is O=C(O)C(NCc1ccccc1O)C1CC1. The summed E-state index contributed by atoms with van der Waals surface area (Å²) < 4.78 is 0. The van der Waals surface area contributed by atoms with Gasteiger partial charge in [-0.2, -0.15) is 0 Å². The molecule has 2 rings (SSSR count). The first-order valence-corrected chi connectivity index (χ1v) is 5.41. The first-order valence-electron chi connectivity index (χ1n) is 5.41. The molecule has 1 aliphatic carbocycles. The summed E-state index contributed by atoms with van der Waals surface area (Å²) >= 11 is 0. The van der Waals surface area contributed by atoms with Crippen LogP contribution in [0.3, 0.4) is 0 Å². The number of phenols is 1. The van der Waals surface area contributed by atoms with Crippen molar-refractivity contribution in [2.24, 2.45) is 5.92 Å². The summed E-state index contributed by atoms with van der Waals surface area (Å²) in [6.07, 6.45) is 1.95. The minimum Gasteiger partial charge on any atom is -0.508 e. The Labute approximate surface area is 93.9 Å². The van der Waals surface area contributed by atoms with Gasteiger partial charge in [0.05, 0.1) is 0 Å². The molecular weight excluding hydrogens is 206 g/mol. The number of carboxylic acids is 1. The van der Waals surface area contributed by atoms with Crippen LogP contribution in [0.15, 0.2) is 24.3 Å². The number of carboxylic acid groups (broad SMARTS) is 1. The van der Waals surface area contributed by atoms with Crippen LogP contribution in [0.5, 0.6) is 5.75 Å². The van der Waals surface area contributed by atoms with E-state index in [1.165, 1.54) is 0 Å². The molecule has 0 bridgehead atoms. The number of nitrogens with one attached hydrogen (secondary N) is 1. The highest BCUT2D eigenvalue weighted by atomic mass is 16.4. The molecule has 1 atom stereocenters. The maximum Gasteiger partial charge on any atom is 0.320 e. The average Bonchev–Trinajstić information content (AvgIpc) is 3.04. The van der Waals surface area contributed by atoms with Gasteiger partial charge in [-0.3, -0.25) is 10.1 Å². The number of hydrogen-bond acceptors (Lipinski definition) is 3. The van der Waals surface area contributed by atoms with Gasteiger partial charge in [-0.1, -0.05) is 18.2 Å². The molecule has 0 radical (unpaired) electrons. The second-order valence-electron chi connectivity index (χ2n) is 4.16. The molecule has 1 aromatic carbocycles. The van der Waals surface area contributed by atoms with Crippen LogP contribution >= 0.6 is 0 Å². The van der Waals surface area contributed by atoms with E-state index >= 15 is 0 Å². The minimum atomic E-state index is -0.807. The normalized spacial score (nSPS) is 17.0. The fourth-order valence-electron chi connectivity index (χ4n) is 1.77. The largest absolute Gasteiger partial charge is 0.508 e. The van der Waals surface area contributed by atoms with E-state index in [9.17, 15) is 9.90 Å². The third-order valence-electron chi connectivity index (χ3n) is 2.86. The van der Waals surface area contributed by atoms with Crippen molar-refractivity contribution in [2.75, 3.05) is 0 Å². The molecule has 1 fully saturated rings. The van der Waals surface area contributed by atoms with Crippen molar-refractivity contribution in [1.29, 1.82) is 0 Å². The van der Waals surface area contributed by atoms with Gasteiger partial charge in [0.25, 0.3) is 0 Å². The van der Waals surface area contributed by atoms with E-state index in [2.05, 4.69) is 5.32 Å². The van der Waals surface area contributed by atoms with Gasteiger partial charge in [-0.15, -0.1) is 0 Å². The van der Waals surface area contributed by atoms with Gasteiger partial charge >= 0.3 is 5.97 Å². The molecule has 0 saturated heterocycles. The molecule has 1 unspecified atom stereocenters. The van der Waals surface area contributed by atoms with Crippen molar-refractivity contribution < 1.29 is 15.0 Å². The summed E-state index contributed by atoms with van der Waals surface area (Å²) in [5.74, 6) is -0.351. The predicted octanol–water partition coefficient (Wildman–Crippen LogP) is 1.34. The van der Waals surface area contributed by atoms with E-state index in [1.54, 1.807) is 18.2 Å². The van der Waals surface area contributed by atoms with E-state index < -0.39 is 12.0 Å². The van der Waals surface area contributed by atoms with Crippen LogP contribution in [0.25, 0.3) is 0 Å². The highest BCUT2D eigenvalue weighted by Gasteiger charge is 2.35. The minimum absolute atomic E-state index is 0.204. The fraction of sp³-hybridized carbons (Fsp3) is 0.417. The Morgan fingerprint density at radius 1 is 1.44 bits per heavy atom. The highest BCUT2D eigenvalue weighted by Crippen LogP contribution is 2.33. The van der Waals surface area contributed by atoms with Crippen molar-refractivity contribution in [2.45, 2.75) is 25.4 Å². The molecule has 0 aromatic heterocycles. The molecule has 0 aliphatic heterocycles. The number of aliphatic carboxylic acids is 1. The van der Waals surface area contributed by atoms with Crippen molar-refractivity contribution >= 4 is 5.97 Å². The number of hydrogen-bond donors (Lipinski definition) is 3. The molecule has 1 aliphatic rings. The fourth-order valence-corrected chi connectivity index (χ4v) is 1.77. The quantitative estimate of drug-likeness (QED) is 0.702. The van der Waals surface area contributed by atoms with Crippen molar-refractivity contribution in [3.8, 4) is 5.75 Å². The van der Waals surface area contributed by atoms with Crippen LogP contribution in [-0.2, 0) is 11.3 Å². The standard InChI is InChI=1S/C12H15NO3/c14-10-4-2-1-3-9(10)7-13-11(12(15)16)8-5-6-8/h1-4,8,11,13-14H,5-7H2,(H,15,16). The Morgan fingerprint density at radius 3 is 2.69 bits per heavy atom. The maximum atomic E-state index is 11.0. The van der Waals surface area contributed by atoms with Gasteiger partial charge in [0.1, 0.15) is 11.8 Å². The number of phenolic OH excluding ortho intramolecular Hbond substituents is 1. The van der Waals surface area contributed by atoms with E-state index in [4.69, 9.17) is 5.11 Å². The first-order chi connectivity index (χ1) is 7.68. The lowest BCUT2D eigenvalue weighted by molar-refractivity contribution is -0.140. The van der Waals surface area contributed by atoms with Crippen LogP contribution in [-0.4, -0.2) is 22.2 Å². The van der Waals surface area contributed by atoms with Crippen LogP contribution < -0.4 is 5.32 Å². The van der Waals surface area contributed by atoms with Gasteiger partial charge in [0.2, 0.25) is 0 Å². The lowest BCUT2D eigenvalue weighted by atomic mass is 10.1. The number of rotatable bonds is 5. The summed E-state index contributed by atoms with van der Waals surface area (Å²) in [6, 6.07) is 6.47. The van der Waals surface area contributed by atoms with Crippen LogP contribution in [0.2, 0.25) is 0 Å². The number of aromatic hydroxyl groups is 1. The lowest BCUT2D eigenvalue weighted by Gasteiger charge is -2.13. The Bertz CT molecular complexity index is 388. The molecule has 4 heteroatoms. The van der Waals surface area contributed by atoms with Gasteiger partial charge < -0.3 is 10.2 Å². The Hall–Kier alpha value is -1.55. The van der Waals surface area contributed by atoms with Crippen LogP contribution in [0.4, 0.5) is 0 Å². The van der Waals surface area contributed by atoms with E-state index in [0.29, 0.717) is 6.54 Å². The molecule has 0 spiro atoms. The monoisotopic (exact) mass is 221 g/mol. The van der Waals surface area contributed by atoms with E-state index in [1.807, 2.05) is 6.07 Å². The first kappa shape index (κ1) is 11.0. The third kappa shape index (κ3) is 2.52. The smallest absolute Gasteiger partial charge is 0.320 e. The van der Waals surface area contributed by atoms with Crippen molar-refractivity contribution in [3.05, 3.63) is 29.8 Å². The predicted molar refractivity (Wildman–Crippen MR) is 59.1 cm³/mol. The Kier molecular flexibility index (Phi) is 3.10. The number of para-hydroxylation sites is 1. The molecular formula is C12H15NO3. The van der Waals surface area contributed by atoms with Gasteiger partial charge in [-0.25, -0.2) is 0 Å². The number of benzene rings is 1. The maximum absolute atomic E-state index is 11.0. The summed E-state index contributed by atoms with van der Waals surface area (Å²) in [6.45, 7) is 0.389. The molecule has 86 valence electrons. The van der Waals surface area contributed by atoms with Gasteiger partial charge in [0, 0.05) is 12.1 Å². The van der Waals surface area contributed by atoms with Gasteiger partial charge in [-0.05, 0) is 24.8 Å². The molecule has 0 heterocycles. The summed E-state index contributed by atoms with van der Waals surface area (Å²) in [7, 11) is 0. The van der Waals surface area contributed by atoms with E-state index in [0.717, 1.165) is 18.4 Å². The summed E-state index contributed by atoms with van der Waals surface area (Å²) in [5.41, 5.74) is 0.731. The molecule has 0 amide bonds. The Morgan fingerprint density at radius 2 is 2.12 bits per heavy atom. The zero-order valence-corrected chi connectivity index (χ0v) is 8.89. The molecule has 1 saturated carbocycles. The summed E-state index contributed by atoms with van der Waals surface area (Å²) in [5, 5.41) is 21.5. The average molecular weight is 221 g/mol. The molecule has 4 nitrogen and oxygen atoms in total. The number of carbonyl (C=O) groups is 1. The van der Waals surface area contributed by atoms with Gasteiger partial charge in [0.15, 0.2) is 0 Å². The third-order valence-corrected chi connectivity index (χ3v) is 2.86. The zero-order chi connectivity index (χ0) is 11.5.